The van der Waals surface area contributed by atoms with Gasteiger partial charge in [0.25, 0.3) is 5.91 Å². The Bertz CT molecular complexity index is 1170. The lowest BCUT2D eigenvalue weighted by Crippen LogP contribution is -2.56. The van der Waals surface area contributed by atoms with Crippen molar-refractivity contribution in [2.24, 2.45) is 11.8 Å². The zero-order chi connectivity index (χ0) is 31.2. The highest BCUT2D eigenvalue weighted by atomic mass is 16.6. The van der Waals surface area contributed by atoms with Crippen molar-refractivity contribution in [2.75, 3.05) is 49.2 Å². The number of hydrogen-bond donors (Lipinski definition) is 1. The molecule has 0 aromatic heterocycles. The molecule has 1 spiro atoms. The molecule has 3 fully saturated rings. The summed E-state index contributed by atoms with van der Waals surface area (Å²) in [6.45, 7) is 16.3. The molecule has 4 rings (SSSR count). The quantitative estimate of drug-likeness (QED) is 0.161. The molecule has 0 aliphatic carbocycles. The highest BCUT2D eigenvalue weighted by molar-refractivity contribution is 6.05. The predicted octanol–water partition coefficient (Wildman–Crippen LogP) is 4.49. The molecule has 3 saturated heterocycles. The van der Waals surface area contributed by atoms with Gasteiger partial charge in [-0.15, -0.1) is 13.2 Å². The van der Waals surface area contributed by atoms with Gasteiger partial charge in [0.1, 0.15) is 17.6 Å². The van der Waals surface area contributed by atoms with E-state index in [1.807, 2.05) is 37.3 Å². The van der Waals surface area contributed by atoms with Crippen LogP contribution >= 0.6 is 0 Å². The number of aliphatic hydroxyl groups excluding tert-OH is 1. The van der Waals surface area contributed by atoms with Gasteiger partial charge in [0, 0.05) is 44.2 Å². The van der Waals surface area contributed by atoms with Crippen LogP contribution in [-0.4, -0.2) is 84.4 Å². The number of ether oxygens (including phenoxy) is 2. The topological polar surface area (TPSA) is 99.6 Å². The molecule has 2 bridgehead atoms. The summed E-state index contributed by atoms with van der Waals surface area (Å²) in [7, 11) is 0. The Labute approximate surface area is 256 Å². The molecule has 3 aliphatic rings. The van der Waals surface area contributed by atoms with Crippen molar-refractivity contribution in [2.45, 2.75) is 83.0 Å². The lowest BCUT2D eigenvalue weighted by atomic mass is 9.66. The normalized spacial score (nSPS) is 27.2. The first-order chi connectivity index (χ1) is 20.7. The Morgan fingerprint density at radius 2 is 1.77 bits per heavy atom. The maximum Gasteiger partial charge on any atom is 0.312 e. The molecule has 3 aliphatic heterocycles. The number of carbonyl (C=O) groups is 3. The fourth-order valence-corrected chi connectivity index (χ4v) is 7.38. The molecule has 236 valence electrons. The van der Waals surface area contributed by atoms with Crippen LogP contribution in [0.3, 0.4) is 0 Å². The minimum atomic E-state index is -1.13. The molecule has 0 radical (unpaired) electrons. The van der Waals surface area contributed by atoms with Crippen LogP contribution in [0.5, 0.6) is 0 Å². The number of likely N-dealkylation sites (tertiary alicyclic amines) is 1. The van der Waals surface area contributed by atoms with Crippen LogP contribution in [0.1, 0.15) is 65.7 Å². The van der Waals surface area contributed by atoms with Crippen LogP contribution in [0, 0.1) is 11.8 Å². The van der Waals surface area contributed by atoms with Gasteiger partial charge < -0.3 is 29.3 Å². The van der Waals surface area contributed by atoms with Gasteiger partial charge in [-0.1, -0.05) is 12.2 Å². The molecule has 1 aromatic rings. The average molecular weight is 596 g/mol. The van der Waals surface area contributed by atoms with E-state index in [9.17, 15) is 19.5 Å². The molecule has 9 nitrogen and oxygen atoms in total. The minimum Gasteiger partial charge on any atom is -0.465 e. The van der Waals surface area contributed by atoms with Gasteiger partial charge in [-0.25, -0.2) is 0 Å². The number of anilines is 2. The summed E-state index contributed by atoms with van der Waals surface area (Å²) in [5.74, 6) is -2.51. The Balaban J connectivity index is 1.67. The van der Waals surface area contributed by atoms with E-state index < -0.39 is 35.0 Å². The third-order valence-corrected chi connectivity index (χ3v) is 9.49. The predicted molar refractivity (Wildman–Crippen MR) is 168 cm³/mol. The molecule has 1 aromatic carbocycles. The van der Waals surface area contributed by atoms with Gasteiger partial charge in [0.05, 0.1) is 18.1 Å². The lowest BCUT2D eigenvalue weighted by Gasteiger charge is -2.37. The molecule has 9 heteroatoms. The zero-order valence-corrected chi connectivity index (χ0v) is 26.1. The van der Waals surface area contributed by atoms with Gasteiger partial charge >= 0.3 is 5.97 Å². The SMILES string of the molecule is C=CCCCCOC(=O)[C@@H]1[C@H]2C(=O)N(CCCCO)C(C(=O)N(CC=C)c3ccc(N(CC)CC)cc3)C23CC[C@@]1(C)O3. The van der Waals surface area contributed by atoms with E-state index >= 15 is 0 Å². The van der Waals surface area contributed by atoms with Crippen LogP contribution < -0.4 is 9.80 Å². The molecule has 43 heavy (non-hydrogen) atoms. The molecular weight excluding hydrogens is 546 g/mol. The molecule has 0 saturated carbocycles. The molecule has 1 N–H and O–H groups in total. The average Bonchev–Trinajstić information content (AvgIpc) is 3.57. The van der Waals surface area contributed by atoms with E-state index in [-0.39, 0.29) is 31.6 Å². The summed E-state index contributed by atoms with van der Waals surface area (Å²) in [4.78, 5) is 47.9. The maximum absolute atomic E-state index is 14.7. The summed E-state index contributed by atoms with van der Waals surface area (Å²) in [5, 5.41) is 9.45. The molecule has 2 amide bonds. The number of benzene rings is 1. The summed E-state index contributed by atoms with van der Waals surface area (Å²) in [5.41, 5.74) is -0.243. The number of fused-ring (bicyclic) bond motifs is 1. The first kappa shape index (κ1) is 32.7. The standard InChI is InChI=1S/C34H49N3O6/c1-6-10-11-14-24-42-32(41)28-27-30(39)37(22-12-13-23-38)29(34(27)20-19-33(28,5)43-34)31(40)36(21-7-2)26-17-15-25(16-18-26)35(8-3)9-4/h6-7,15-18,27-29,38H,1-2,8-14,19-24H2,3-5H3/t27-,28-,29?,33+,34?/m0/s1. The molecular formula is C34H49N3O6. The Morgan fingerprint density at radius 1 is 1.07 bits per heavy atom. The number of rotatable bonds is 17. The van der Waals surface area contributed by atoms with Gasteiger partial charge in [-0.3, -0.25) is 14.4 Å². The lowest BCUT2D eigenvalue weighted by molar-refractivity contribution is -0.159. The number of amides is 2. The molecule has 3 heterocycles. The number of hydrogen-bond acceptors (Lipinski definition) is 7. The smallest absolute Gasteiger partial charge is 0.312 e. The summed E-state index contributed by atoms with van der Waals surface area (Å²) < 4.78 is 12.4. The highest BCUT2D eigenvalue weighted by Crippen LogP contribution is 2.63. The number of unbranched alkanes of at least 4 members (excludes halogenated alkanes) is 3. The van der Waals surface area contributed by atoms with Crippen LogP contribution in [0.4, 0.5) is 11.4 Å². The second kappa shape index (κ2) is 14.1. The monoisotopic (exact) mass is 595 g/mol. The first-order valence-electron chi connectivity index (χ1n) is 15.9. The van der Waals surface area contributed by atoms with Crippen LogP contribution in [0.15, 0.2) is 49.6 Å². The van der Waals surface area contributed by atoms with Crippen molar-refractivity contribution < 1.29 is 29.0 Å². The number of esters is 1. The van der Waals surface area contributed by atoms with Crippen molar-refractivity contribution in [1.29, 1.82) is 0 Å². The number of aliphatic hydroxyl groups is 1. The Hall–Kier alpha value is -3.17. The number of carbonyl (C=O) groups excluding carboxylic acids is 3. The van der Waals surface area contributed by atoms with E-state index in [1.165, 1.54) is 0 Å². The second-order valence-electron chi connectivity index (χ2n) is 12.1. The number of nitrogens with zero attached hydrogens (tertiary/aromatic N) is 3. The van der Waals surface area contributed by atoms with Gasteiger partial charge in [-0.2, -0.15) is 0 Å². The molecule has 2 unspecified atom stereocenters. The Kier molecular flexibility index (Phi) is 10.7. The third-order valence-electron chi connectivity index (χ3n) is 9.49. The summed E-state index contributed by atoms with van der Waals surface area (Å²) in [6.07, 6.45) is 8.03. The van der Waals surface area contributed by atoms with Crippen molar-refractivity contribution in [3.8, 4) is 0 Å². The zero-order valence-electron chi connectivity index (χ0n) is 26.1. The number of allylic oxidation sites excluding steroid dienone is 1. The molecule has 5 atom stereocenters. The van der Waals surface area contributed by atoms with Gasteiger partial charge in [0.2, 0.25) is 5.91 Å². The van der Waals surface area contributed by atoms with Crippen LogP contribution in [-0.2, 0) is 23.9 Å². The largest absolute Gasteiger partial charge is 0.465 e. The van der Waals surface area contributed by atoms with Crippen molar-refractivity contribution in [3.05, 3.63) is 49.6 Å². The van der Waals surface area contributed by atoms with E-state index in [4.69, 9.17) is 9.47 Å². The van der Waals surface area contributed by atoms with Crippen LogP contribution in [0.25, 0.3) is 0 Å². The van der Waals surface area contributed by atoms with E-state index in [2.05, 4.69) is 31.9 Å². The van der Waals surface area contributed by atoms with Gasteiger partial charge in [-0.05, 0) is 90.0 Å². The second-order valence-corrected chi connectivity index (χ2v) is 12.1. The van der Waals surface area contributed by atoms with Gasteiger partial charge in [0.15, 0.2) is 0 Å². The van der Waals surface area contributed by atoms with E-state index in [0.717, 1.165) is 31.6 Å². The highest BCUT2D eigenvalue weighted by Gasteiger charge is 2.78. The van der Waals surface area contributed by atoms with Crippen molar-refractivity contribution >= 4 is 29.2 Å². The maximum atomic E-state index is 14.7. The Morgan fingerprint density at radius 3 is 2.40 bits per heavy atom. The minimum absolute atomic E-state index is 0.00787. The fourth-order valence-electron chi connectivity index (χ4n) is 7.38. The van der Waals surface area contributed by atoms with Crippen molar-refractivity contribution in [1.82, 2.24) is 4.90 Å². The third kappa shape index (κ3) is 6.11. The van der Waals surface area contributed by atoms with E-state index in [1.54, 1.807) is 15.9 Å². The summed E-state index contributed by atoms with van der Waals surface area (Å²) in [6, 6.07) is 6.96. The van der Waals surface area contributed by atoms with Crippen LogP contribution in [0.2, 0.25) is 0 Å². The fraction of sp³-hybridized carbons (Fsp3) is 0.618. The first-order valence-corrected chi connectivity index (χ1v) is 15.9. The van der Waals surface area contributed by atoms with Crippen molar-refractivity contribution in [3.63, 3.8) is 0 Å². The van der Waals surface area contributed by atoms with E-state index in [0.29, 0.717) is 44.3 Å². The summed E-state index contributed by atoms with van der Waals surface area (Å²) >= 11 is 0.